The van der Waals surface area contributed by atoms with E-state index in [2.05, 4.69) is 84.6 Å². The van der Waals surface area contributed by atoms with Gasteiger partial charge in [0.1, 0.15) is 0 Å². The van der Waals surface area contributed by atoms with Crippen LogP contribution in [0.5, 0.6) is 11.5 Å². The molecule has 1 aliphatic heterocycles. The van der Waals surface area contributed by atoms with Gasteiger partial charge in [-0.2, -0.15) is 0 Å². The van der Waals surface area contributed by atoms with E-state index >= 15 is 0 Å². The second-order valence-corrected chi connectivity index (χ2v) is 6.79. The molecule has 0 N–H and O–H groups in total. The maximum Gasteiger partial charge on any atom is 0.151 e. The third kappa shape index (κ3) is 2.76. The van der Waals surface area contributed by atoms with Crippen molar-refractivity contribution in [2.45, 2.75) is 6.92 Å². The number of fused-ring (bicyclic) bond motifs is 2. The van der Waals surface area contributed by atoms with Crippen LogP contribution in [-0.4, -0.2) is 0 Å². The Hall–Kier alpha value is -3.52. The van der Waals surface area contributed by atoms with Crippen LogP contribution in [0.3, 0.4) is 0 Å². The van der Waals surface area contributed by atoms with Crippen LogP contribution in [0.15, 0.2) is 97.1 Å². The van der Waals surface area contributed by atoms with E-state index in [9.17, 15) is 0 Å². The van der Waals surface area contributed by atoms with Gasteiger partial charge in [0.05, 0.1) is 11.4 Å². The molecule has 0 atom stereocenters. The van der Waals surface area contributed by atoms with Crippen molar-refractivity contribution in [3.05, 3.63) is 103 Å². The highest BCUT2D eigenvalue weighted by Gasteiger charge is 2.25. The van der Waals surface area contributed by atoms with E-state index < -0.39 is 0 Å². The molecule has 5 rings (SSSR count). The average Bonchev–Trinajstić information content (AvgIpc) is 2.73. The van der Waals surface area contributed by atoms with Crippen molar-refractivity contribution in [3.63, 3.8) is 0 Å². The number of ether oxygens (including phenoxy) is 1. The fourth-order valence-electron chi connectivity index (χ4n) is 3.58. The Labute approximate surface area is 159 Å². The summed E-state index contributed by atoms with van der Waals surface area (Å²) in [5.41, 5.74) is 6.86. The van der Waals surface area contributed by atoms with Gasteiger partial charge in [-0.15, -0.1) is 0 Å². The predicted molar refractivity (Wildman–Crippen MR) is 111 cm³/mol. The number of nitrogens with zero attached hydrogens (tertiary/aromatic N) is 1. The summed E-state index contributed by atoms with van der Waals surface area (Å²) in [6.07, 6.45) is 0. The van der Waals surface area contributed by atoms with Crippen molar-refractivity contribution in [2.24, 2.45) is 0 Å². The second-order valence-electron chi connectivity index (χ2n) is 6.79. The van der Waals surface area contributed by atoms with Gasteiger partial charge in [-0.05, 0) is 60.0 Å². The molecule has 130 valence electrons. The number of hydrogen-bond donors (Lipinski definition) is 0. The topological polar surface area (TPSA) is 12.5 Å². The lowest BCUT2D eigenvalue weighted by molar-refractivity contribution is 0.476. The lowest BCUT2D eigenvalue weighted by Gasteiger charge is -2.33. The summed E-state index contributed by atoms with van der Waals surface area (Å²) in [6.45, 7) is 2.09. The molecule has 2 heteroatoms. The predicted octanol–water partition coefficient (Wildman–Crippen LogP) is 7.24. The van der Waals surface area contributed by atoms with Crippen LogP contribution >= 0.6 is 0 Å². The first-order valence-corrected chi connectivity index (χ1v) is 9.13. The highest BCUT2D eigenvalue weighted by atomic mass is 16.5. The summed E-state index contributed by atoms with van der Waals surface area (Å²) in [7, 11) is 0. The Morgan fingerprint density at radius 3 is 2.07 bits per heavy atom. The Balaban J connectivity index is 1.62. The summed E-state index contributed by atoms with van der Waals surface area (Å²) < 4.78 is 6.16. The van der Waals surface area contributed by atoms with Gasteiger partial charge in [0.15, 0.2) is 11.5 Å². The summed E-state index contributed by atoms with van der Waals surface area (Å²) in [6, 6.07) is 33.7. The number of anilines is 3. The van der Waals surface area contributed by atoms with Crippen molar-refractivity contribution in [1.82, 2.24) is 0 Å². The molecular formula is C25H19NO. The fraction of sp³-hybridized carbons (Fsp3) is 0.0400. The molecule has 1 heterocycles. The van der Waals surface area contributed by atoms with Crippen LogP contribution < -0.4 is 9.64 Å². The summed E-state index contributed by atoms with van der Waals surface area (Å²) in [4.78, 5) is 2.27. The van der Waals surface area contributed by atoms with Crippen molar-refractivity contribution in [3.8, 4) is 22.6 Å². The maximum atomic E-state index is 6.16. The highest BCUT2D eigenvalue weighted by Crippen LogP contribution is 2.50. The van der Waals surface area contributed by atoms with Crippen molar-refractivity contribution < 1.29 is 4.74 Å². The van der Waals surface area contributed by atoms with Crippen molar-refractivity contribution in [1.29, 1.82) is 0 Å². The molecule has 1 aliphatic rings. The van der Waals surface area contributed by atoms with E-state index in [4.69, 9.17) is 4.74 Å². The van der Waals surface area contributed by atoms with Crippen molar-refractivity contribution in [2.75, 3.05) is 4.90 Å². The van der Waals surface area contributed by atoms with Gasteiger partial charge < -0.3 is 9.64 Å². The first kappa shape index (κ1) is 15.7. The molecule has 4 aromatic rings. The minimum Gasteiger partial charge on any atom is -0.453 e. The highest BCUT2D eigenvalue weighted by molar-refractivity contribution is 5.86. The van der Waals surface area contributed by atoms with Crippen LogP contribution in [-0.2, 0) is 0 Å². The van der Waals surface area contributed by atoms with Crippen molar-refractivity contribution >= 4 is 17.1 Å². The Bertz CT molecular complexity index is 1100. The number of para-hydroxylation sites is 2. The SMILES string of the molecule is Cc1ccc2c(c1)Oc1ccccc1N2c1ccc(-c2ccccc2)cc1. The van der Waals surface area contributed by atoms with Gasteiger partial charge in [0.25, 0.3) is 0 Å². The standard InChI is InChI=1S/C25H19NO/c1-18-11-16-23-25(17-18)27-24-10-6-5-9-22(24)26(23)21-14-12-20(13-15-21)19-7-3-2-4-8-19/h2-17H,1H3. The van der Waals surface area contributed by atoms with Gasteiger partial charge in [0.2, 0.25) is 0 Å². The molecule has 0 saturated carbocycles. The van der Waals surface area contributed by atoms with E-state index in [1.807, 2.05) is 24.3 Å². The Morgan fingerprint density at radius 2 is 1.26 bits per heavy atom. The van der Waals surface area contributed by atoms with Crippen LogP contribution in [0.4, 0.5) is 17.1 Å². The first-order chi connectivity index (χ1) is 13.3. The maximum absolute atomic E-state index is 6.16. The molecule has 0 radical (unpaired) electrons. The fourth-order valence-corrected chi connectivity index (χ4v) is 3.58. The number of aryl methyl sites for hydroxylation is 1. The molecule has 2 nitrogen and oxygen atoms in total. The van der Waals surface area contributed by atoms with Crippen LogP contribution in [0.25, 0.3) is 11.1 Å². The van der Waals surface area contributed by atoms with Gasteiger partial charge >= 0.3 is 0 Å². The smallest absolute Gasteiger partial charge is 0.151 e. The second kappa shape index (κ2) is 6.33. The largest absolute Gasteiger partial charge is 0.453 e. The molecule has 0 fully saturated rings. The number of hydrogen-bond acceptors (Lipinski definition) is 2. The molecule has 27 heavy (non-hydrogen) atoms. The average molecular weight is 349 g/mol. The van der Waals surface area contributed by atoms with Crippen LogP contribution in [0.2, 0.25) is 0 Å². The minimum absolute atomic E-state index is 0.878. The van der Waals surface area contributed by atoms with Crippen LogP contribution in [0, 0.1) is 6.92 Å². The third-order valence-corrected chi connectivity index (χ3v) is 4.91. The van der Waals surface area contributed by atoms with E-state index in [0.29, 0.717) is 0 Å². The van der Waals surface area contributed by atoms with Gasteiger partial charge in [-0.3, -0.25) is 0 Å². The molecule has 0 aromatic heterocycles. The van der Waals surface area contributed by atoms with Gasteiger partial charge in [0, 0.05) is 5.69 Å². The molecular weight excluding hydrogens is 330 g/mol. The minimum atomic E-state index is 0.878. The summed E-state index contributed by atoms with van der Waals surface area (Å²) in [5, 5.41) is 0. The number of rotatable bonds is 2. The van der Waals surface area contributed by atoms with Crippen LogP contribution in [0.1, 0.15) is 5.56 Å². The molecule has 4 aromatic carbocycles. The van der Waals surface area contributed by atoms with E-state index in [1.54, 1.807) is 0 Å². The molecule has 0 spiro atoms. The summed E-state index contributed by atoms with van der Waals surface area (Å²) >= 11 is 0. The quantitative estimate of drug-likeness (QED) is 0.333. The normalized spacial score (nSPS) is 12.1. The van der Waals surface area contributed by atoms with E-state index in [1.165, 1.54) is 16.7 Å². The Morgan fingerprint density at radius 1 is 0.593 bits per heavy atom. The molecule has 0 unspecified atom stereocenters. The lowest BCUT2D eigenvalue weighted by atomic mass is 10.0. The third-order valence-electron chi connectivity index (χ3n) is 4.91. The summed E-state index contributed by atoms with van der Waals surface area (Å²) in [5.74, 6) is 1.77. The Kier molecular flexibility index (Phi) is 3.68. The van der Waals surface area contributed by atoms with E-state index in [0.717, 1.165) is 28.6 Å². The zero-order valence-corrected chi connectivity index (χ0v) is 15.1. The molecule has 0 bridgehead atoms. The first-order valence-electron chi connectivity index (χ1n) is 9.13. The van der Waals surface area contributed by atoms with Gasteiger partial charge in [-0.1, -0.05) is 60.7 Å². The van der Waals surface area contributed by atoms with Gasteiger partial charge in [-0.25, -0.2) is 0 Å². The van der Waals surface area contributed by atoms with E-state index in [-0.39, 0.29) is 0 Å². The number of benzene rings is 4. The molecule has 0 saturated heterocycles. The lowest BCUT2D eigenvalue weighted by Crippen LogP contribution is -2.15. The zero-order valence-electron chi connectivity index (χ0n) is 15.1. The molecule has 0 aliphatic carbocycles. The molecule has 0 amide bonds. The monoisotopic (exact) mass is 349 g/mol. The zero-order chi connectivity index (χ0) is 18.2.